The van der Waals surface area contributed by atoms with Gasteiger partial charge in [0.05, 0.1) is 4.88 Å². The summed E-state index contributed by atoms with van der Waals surface area (Å²) in [4.78, 5) is 11.1. The summed E-state index contributed by atoms with van der Waals surface area (Å²) < 4.78 is 8.13. The summed E-state index contributed by atoms with van der Waals surface area (Å²) in [7, 11) is 1.81. The number of benzene rings is 1. The minimum atomic E-state index is 0.0807. The summed E-state index contributed by atoms with van der Waals surface area (Å²) in [5, 5.41) is 2.88. The van der Waals surface area contributed by atoms with Gasteiger partial charge in [-0.15, -0.1) is 11.3 Å². The molecular formula is C11H10N2O2S2. The zero-order chi connectivity index (χ0) is 12.3. The Balaban J connectivity index is 2.37. The zero-order valence-corrected chi connectivity index (χ0v) is 10.8. The topological polar surface area (TPSA) is 43.6 Å². The molecule has 17 heavy (non-hydrogen) atoms. The van der Waals surface area contributed by atoms with Gasteiger partial charge in [-0.05, 0) is 24.4 Å². The van der Waals surface area contributed by atoms with Crippen molar-refractivity contribution in [3.05, 3.63) is 44.1 Å². The normalized spacial score (nSPS) is 10.2. The van der Waals surface area contributed by atoms with E-state index in [2.05, 4.69) is 5.18 Å². The molecule has 0 spiro atoms. The van der Waals surface area contributed by atoms with E-state index in [1.807, 2.05) is 37.4 Å². The van der Waals surface area contributed by atoms with Gasteiger partial charge in [-0.2, -0.15) is 4.91 Å². The summed E-state index contributed by atoms with van der Waals surface area (Å²) >= 11 is 6.49. The van der Waals surface area contributed by atoms with Crippen molar-refractivity contribution >= 4 is 23.6 Å². The number of para-hydroxylation sites is 1. The lowest BCUT2D eigenvalue weighted by atomic mass is 10.3. The maximum Gasteiger partial charge on any atom is 0.216 e. The molecule has 0 aliphatic carbocycles. The van der Waals surface area contributed by atoms with Crippen molar-refractivity contribution in [3.8, 4) is 11.6 Å². The Kier molecular flexibility index (Phi) is 3.65. The molecule has 0 saturated heterocycles. The van der Waals surface area contributed by atoms with Crippen LogP contribution in [0.3, 0.4) is 0 Å². The fraction of sp³-hybridized carbons (Fsp3) is 0.182. The van der Waals surface area contributed by atoms with Gasteiger partial charge >= 0.3 is 0 Å². The minimum absolute atomic E-state index is 0.0807. The molecule has 1 heterocycles. The van der Waals surface area contributed by atoms with Gasteiger partial charge in [-0.3, -0.25) is 4.57 Å². The van der Waals surface area contributed by atoms with E-state index in [9.17, 15) is 4.91 Å². The number of rotatable bonds is 4. The van der Waals surface area contributed by atoms with Gasteiger partial charge in [0, 0.05) is 7.05 Å². The van der Waals surface area contributed by atoms with Crippen LogP contribution >= 0.6 is 23.6 Å². The van der Waals surface area contributed by atoms with Crippen LogP contribution < -0.4 is 4.74 Å². The first-order valence-corrected chi connectivity index (χ1v) is 6.15. The molecule has 0 radical (unpaired) electrons. The lowest BCUT2D eigenvalue weighted by molar-refractivity contribution is 0.437. The average molecular weight is 266 g/mol. The molecule has 2 aromatic rings. The maximum absolute atomic E-state index is 10.4. The Bertz CT molecular complexity index is 575. The van der Waals surface area contributed by atoms with Gasteiger partial charge in [-0.25, -0.2) is 0 Å². The Morgan fingerprint density at radius 2 is 2.12 bits per heavy atom. The first kappa shape index (κ1) is 11.9. The van der Waals surface area contributed by atoms with Crippen molar-refractivity contribution in [2.24, 2.45) is 12.2 Å². The summed E-state index contributed by atoms with van der Waals surface area (Å²) in [5.74, 6) is 1.30. The van der Waals surface area contributed by atoms with Gasteiger partial charge in [-0.1, -0.05) is 23.4 Å². The van der Waals surface area contributed by atoms with Crippen molar-refractivity contribution in [3.63, 3.8) is 0 Å². The molecule has 0 aliphatic rings. The van der Waals surface area contributed by atoms with Crippen LogP contribution in [0.1, 0.15) is 4.88 Å². The Hall–Kier alpha value is -1.53. The summed E-state index contributed by atoms with van der Waals surface area (Å²) in [6.45, 7) is 0.0807. The number of nitroso groups, excluding NO2 is 1. The summed E-state index contributed by atoms with van der Waals surface area (Å²) in [5.41, 5.74) is 0. The Labute approximate surface area is 107 Å². The Morgan fingerprint density at radius 3 is 2.76 bits per heavy atom. The molecule has 0 aliphatic heterocycles. The van der Waals surface area contributed by atoms with Gasteiger partial charge in [0.2, 0.25) is 5.88 Å². The van der Waals surface area contributed by atoms with E-state index >= 15 is 0 Å². The number of aromatic nitrogens is 1. The Morgan fingerprint density at radius 1 is 1.41 bits per heavy atom. The monoisotopic (exact) mass is 266 g/mol. The summed E-state index contributed by atoms with van der Waals surface area (Å²) in [6, 6.07) is 9.37. The minimum Gasteiger partial charge on any atom is -0.440 e. The van der Waals surface area contributed by atoms with Crippen LogP contribution in [0.5, 0.6) is 11.6 Å². The maximum atomic E-state index is 10.4. The molecular weight excluding hydrogens is 256 g/mol. The first-order chi connectivity index (χ1) is 8.22. The van der Waals surface area contributed by atoms with Crippen molar-refractivity contribution in [2.45, 2.75) is 6.54 Å². The molecule has 4 nitrogen and oxygen atoms in total. The molecule has 1 aromatic heterocycles. The molecule has 0 unspecified atom stereocenters. The number of nitrogens with zero attached hydrogens (tertiary/aromatic N) is 2. The largest absolute Gasteiger partial charge is 0.440 e. The second-order valence-electron chi connectivity index (χ2n) is 3.36. The SMILES string of the molecule is Cn1c(Oc2ccccc2)c(CN=O)sc1=S. The second-order valence-corrected chi connectivity index (χ2v) is 5.09. The number of thiazole rings is 1. The van der Waals surface area contributed by atoms with Crippen LogP contribution in [-0.2, 0) is 13.6 Å². The van der Waals surface area contributed by atoms with Gasteiger partial charge in [0.1, 0.15) is 12.3 Å². The predicted octanol–water partition coefficient (Wildman–Crippen LogP) is 3.87. The van der Waals surface area contributed by atoms with Crippen molar-refractivity contribution < 1.29 is 4.74 Å². The molecule has 88 valence electrons. The number of ether oxygens (including phenoxy) is 1. The van der Waals surface area contributed by atoms with Gasteiger partial charge in [0.15, 0.2) is 3.95 Å². The third kappa shape index (κ3) is 2.59. The fourth-order valence-corrected chi connectivity index (χ4v) is 2.57. The third-order valence-corrected chi connectivity index (χ3v) is 3.72. The molecule has 0 N–H and O–H groups in total. The van der Waals surface area contributed by atoms with Crippen molar-refractivity contribution in [2.75, 3.05) is 0 Å². The number of hydrogen-bond donors (Lipinski definition) is 0. The van der Waals surface area contributed by atoms with Gasteiger partial charge in [0.25, 0.3) is 0 Å². The van der Waals surface area contributed by atoms with E-state index in [4.69, 9.17) is 17.0 Å². The lowest BCUT2D eigenvalue weighted by Gasteiger charge is -2.07. The molecule has 0 atom stereocenters. The molecule has 6 heteroatoms. The number of hydrogen-bond acceptors (Lipinski definition) is 5. The van der Waals surface area contributed by atoms with Crippen LogP contribution in [0.25, 0.3) is 0 Å². The molecule has 0 fully saturated rings. The van der Waals surface area contributed by atoms with Crippen molar-refractivity contribution in [1.29, 1.82) is 0 Å². The highest BCUT2D eigenvalue weighted by Gasteiger charge is 2.12. The van der Waals surface area contributed by atoms with Crippen molar-refractivity contribution in [1.82, 2.24) is 4.57 Å². The highest BCUT2D eigenvalue weighted by molar-refractivity contribution is 7.73. The van der Waals surface area contributed by atoms with E-state index in [1.165, 1.54) is 11.3 Å². The van der Waals surface area contributed by atoms with Gasteiger partial charge < -0.3 is 4.74 Å². The highest BCUT2D eigenvalue weighted by atomic mass is 32.1. The third-order valence-electron chi connectivity index (χ3n) is 2.19. The molecule has 0 bridgehead atoms. The van der Waals surface area contributed by atoms with E-state index in [0.717, 1.165) is 4.88 Å². The lowest BCUT2D eigenvalue weighted by Crippen LogP contribution is -1.95. The smallest absolute Gasteiger partial charge is 0.216 e. The van der Waals surface area contributed by atoms with Crippen LogP contribution in [-0.4, -0.2) is 4.57 Å². The zero-order valence-electron chi connectivity index (χ0n) is 9.12. The standard InChI is InChI=1S/C11H10N2O2S2/c1-13-10(9(7-12-14)17-11(13)16)15-8-5-3-2-4-6-8/h2-6H,7H2,1H3. The first-order valence-electron chi connectivity index (χ1n) is 4.93. The van der Waals surface area contributed by atoms with E-state index < -0.39 is 0 Å². The van der Waals surface area contributed by atoms with E-state index in [0.29, 0.717) is 15.6 Å². The summed E-state index contributed by atoms with van der Waals surface area (Å²) in [6.07, 6.45) is 0. The molecule has 0 amide bonds. The quantitative estimate of drug-likeness (QED) is 0.623. The highest BCUT2D eigenvalue weighted by Crippen LogP contribution is 2.30. The van der Waals surface area contributed by atoms with E-state index in [1.54, 1.807) is 4.57 Å². The predicted molar refractivity (Wildman–Crippen MR) is 70.1 cm³/mol. The van der Waals surface area contributed by atoms with E-state index in [-0.39, 0.29) is 6.54 Å². The molecule has 1 aromatic carbocycles. The molecule has 2 rings (SSSR count). The fourth-order valence-electron chi connectivity index (χ4n) is 1.37. The second kappa shape index (κ2) is 5.20. The molecule has 0 saturated carbocycles. The average Bonchev–Trinajstić information content (AvgIpc) is 2.59. The van der Waals surface area contributed by atoms with Crippen LogP contribution in [0.2, 0.25) is 0 Å². The van der Waals surface area contributed by atoms with Crippen LogP contribution in [0.15, 0.2) is 35.5 Å². The van der Waals surface area contributed by atoms with Crippen LogP contribution in [0, 0.1) is 8.86 Å². The van der Waals surface area contributed by atoms with Crippen LogP contribution in [0.4, 0.5) is 0 Å².